The highest BCUT2D eigenvalue weighted by molar-refractivity contribution is 6.01. The lowest BCUT2D eigenvalue weighted by atomic mass is 9.78. The number of nitrogens with one attached hydrogen (secondary N) is 2. The summed E-state index contributed by atoms with van der Waals surface area (Å²) in [5, 5.41) is 6.12. The van der Waals surface area contributed by atoms with Gasteiger partial charge in [0.15, 0.2) is 0 Å². The number of carbonyl (C=O) groups excluding carboxylic acids is 2. The maximum Gasteiger partial charge on any atom is 0.416 e. The minimum absolute atomic E-state index is 0.0843. The minimum atomic E-state index is -4.50. The SMILES string of the molecule is COc1cc(OC)c2c(c1)[C@@]1(NC(=O)c3ccccc31)[C@@H](C)[C@@H]2NC(=O)c1ccc(C(F)(F)F)cc1. The summed E-state index contributed by atoms with van der Waals surface area (Å²) in [4.78, 5) is 26.2. The van der Waals surface area contributed by atoms with E-state index in [0.29, 0.717) is 22.6 Å². The first kappa shape index (κ1) is 23.7. The molecule has 3 aromatic rings. The van der Waals surface area contributed by atoms with Gasteiger partial charge < -0.3 is 20.1 Å². The fourth-order valence-corrected chi connectivity index (χ4v) is 5.42. The number of halogens is 3. The van der Waals surface area contributed by atoms with Gasteiger partial charge in [-0.1, -0.05) is 25.1 Å². The highest BCUT2D eigenvalue weighted by Crippen LogP contribution is 2.57. The summed E-state index contributed by atoms with van der Waals surface area (Å²) in [6.45, 7) is 1.91. The van der Waals surface area contributed by atoms with Crippen LogP contribution in [0.15, 0.2) is 60.7 Å². The van der Waals surface area contributed by atoms with Crippen LogP contribution in [-0.4, -0.2) is 26.0 Å². The van der Waals surface area contributed by atoms with Crippen LogP contribution in [0.5, 0.6) is 11.5 Å². The topological polar surface area (TPSA) is 76.7 Å². The molecular weight excluding hydrogens is 473 g/mol. The van der Waals surface area contributed by atoms with Gasteiger partial charge in [0, 0.05) is 28.7 Å². The summed E-state index contributed by atoms with van der Waals surface area (Å²) in [7, 11) is 3.03. The molecule has 0 unspecified atom stereocenters. The number of carbonyl (C=O) groups is 2. The van der Waals surface area contributed by atoms with Crippen molar-refractivity contribution in [2.24, 2.45) is 5.92 Å². The molecule has 2 N–H and O–H groups in total. The maximum atomic E-state index is 13.2. The lowest BCUT2D eigenvalue weighted by molar-refractivity contribution is -0.137. The van der Waals surface area contributed by atoms with Crippen molar-refractivity contribution in [3.8, 4) is 11.5 Å². The normalized spacial score (nSPS) is 22.1. The van der Waals surface area contributed by atoms with Gasteiger partial charge in [-0.3, -0.25) is 9.59 Å². The first-order valence-electron chi connectivity index (χ1n) is 11.3. The van der Waals surface area contributed by atoms with Crippen LogP contribution >= 0.6 is 0 Å². The van der Waals surface area contributed by atoms with E-state index in [1.54, 1.807) is 18.2 Å². The fraction of sp³-hybridized carbons (Fsp3) is 0.259. The molecule has 2 aliphatic rings. The molecule has 0 radical (unpaired) electrons. The molecule has 1 spiro atoms. The lowest BCUT2D eigenvalue weighted by Gasteiger charge is -2.33. The van der Waals surface area contributed by atoms with Gasteiger partial charge in [0.2, 0.25) is 0 Å². The Morgan fingerprint density at radius 1 is 1.00 bits per heavy atom. The summed E-state index contributed by atoms with van der Waals surface area (Å²) in [5.41, 5.74) is 0.975. The van der Waals surface area contributed by atoms with E-state index < -0.39 is 29.2 Å². The lowest BCUT2D eigenvalue weighted by Crippen LogP contribution is -2.46. The average molecular weight is 496 g/mol. The number of hydrogen-bond donors (Lipinski definition) is 2. The molecule has 3 aromatic carbocycles. The van der Waals surface area contributed by atoms with E-state index in [4.69, 9.17) is 9.47 Å². The van der Waals surface area contributed by atoms with Crippen molar-refractivity contribution in [2.75, 3.05) is 14.2 Å². The second-order valence-corrected chi connectivity index (χ2v) is 8.91. The van der Waals surface area contributed by atoms with Gasteiger partial charge in [-0.05, 0) is 47.5 Å². The van der Waals surface area contributed by atoms with Gasteiger partial charge in [0.05, 0.1) is 31.4 Å². The van der Waals surface area contributed by atoms with Crippen molar-refractivity contribution in [1.82, 2.24) is 10.6 Å². The summed E-state index contributed by atoms with van der Waals surface area (Å²) >= 11 is 0. The number of ether oxygens (including phenoxy) is 2. The number of hydrogen-bond acceptors (Lipinski definition) is 4. The molecule has 6 nitrogen and oxygen atoms in total. The third kappa shape index (κ3) is 3.41. The second-order valence-electron chi connectivity index (χ2n) is 8.91. The van der Waals surface area contributed by atoms with Crippen LogP contribution < -0.4 is 20.1 Å². The number of fused-ring (bicyclic) bond motifs is 4. The van der Waals surface area contributed by atoms with Crippen LogP contribution in [0.4, 0.5) is 13.2 Å². The van der Waals surface area contributed by atoms with Gasteiger partial charge in [-0.2, -0.15) is 13.2 Å². The quantitative estimate of drug-likeness (QED) is 0.543. The van der Waals surface area contributed by atoms with Crippen LogP contribution in [0, 0.1) is 5.92 Å². The molecule has 0 fully saturated rings. The number of alkyl halides is 3. The van der Waals surface area contributed by atoms with Crippen LogP contribution in [0.1, 0.15) is 55.9 Å². The van der Waals surface area contributed by atoms with Gasteiger partial charge in [-0.25, -0.2) is 0 Å². The Labute approximate surface area is 205 Å². The minimum Gasteiger partial charge on any atom is -0.497 e. The summed E-state index contributed by atoms with van der Waals surface area (Å²) < 4.78 is 50.1. The van der Waals surface area contributed by atoms with E-state index in [0.717, 1.165) is 35.4 Å². The number of amides is 2. The molecule has 0 aromatic heterocycles. The largest absolute Gasteiger partial charge is 0.497 e. The predicted molar refractivity (Wildman–Crippen MR) is 125 cm³/mol. The van der Waals surface area contributed by atoms with E-state index in [1.165, 1.54) is 14.2 Å². The number of methoxy groups -OCH3 is 2. The molecule has 9 heteroatoms. The van der Waals surface area contributed by atoms with E-state index >= 15 is 0 Å². The molecule has 3 atom stereocenters. The van der Waals surface area contributed by atoms with Crippen molar-refractivity contribution in [3.05, 3.63) is 94.0 Å². The molecule has 186 valence electrons. The molecule has 1 aliphatic carbocycles. The van der Waals surface area contributed by atoms with E-state index in [-0.39, 0.29) is 17.4 Å². The van der Waals surface area contributed by atoms with Crippen molar-refractivity contribution in [2.45, 2.75) is 24.7 Å². The van der Waals surface area contributed by atoms with E-state index in [9.17, 15) is 22.8 Å². The zero-order valence-electron chi connectivity index (χ0n) is 19.7. The number of benzene rings is 3. The average Bonchev–Trinajstić information content (AvgIpc) is 3.30. The molecule has 0 bridgehead atoms. The Morgan fingerprint density at radius 3 is 2.33 bits per heavy atom. The standard InChI is InChI=1S/C27H23F3N2O4/c1-14-23(31-24(33)15-8-10-16(11-9-15)27(28,29)30)22-20(12-17(35-2)13-21(22)36-3)26(14)19-7-5-4-6-18(19)25(34)32-26/h4-14,23H,1-3H3,(H,31,33)(H,32,34)/t14-,23-,26+/m0/s1. The Bertz CT molecular complexity index is 1370. The Kier molecular flexibility index (Phi) is 5.46. The monoisotopic (exact) mass is 496 g/mol. The van der Waals surface area contributed by atoms with E-state index in [1.807, 2.05) is 25.1 Å². The Balaban J connectivity index is 1.62. The summed E-state index contributed by atoms with van der Waals surface area (Å²) in [5.74, 6) is -0.173. The Hall–Kier alpha value is -4.01. The maximum absolute atomic E-state index is 13.2. The van der Waals surface area contributed by atoms with E-state index in [2.05, 4.69) is 10.6 Å². The van der Waals surface area contributed by atoms with Crippen LogP contribution in [-0.2, 0) is 11.7 Å². The zero-order chi connectivity index (χ0) is 25.8. The molecular formula is C27H23F3N2O4. The van der Waals surface area contributed by atoms with Crippen molar-refractivity contribution >= 4 is 11.8 Å². The predicted octanol–water partition coefficient (Wildman–Crippen LogP) is 4.83. The number of rotatable bonds is 4. The fourth-order valence-electron chi connectivity index (χ4n) is 5.42. The van der Waals surface area contributed by atoms with Crippen LogP contribution in [0.3, 0.4) is 0 Å². The third-order valence-electron chi connectivity index (χ3n) is 7.16. The molecule has 2 amide bonds. The van der Waals surface area contributed by atoms with Crippen LogP contribution in [0.25, 0.3) is 0 Å². The molecule has 1 heterocycles. The highest BCUT2D eigenvalue weighted by Gasteiger charge is 2.58. The van der Waals surface area contributed by atoms with Gasteiger partial charge in [0.25, 0.3) is 11.8 Å². The summed E-state index contributed by atoms with van der Waals surface area (Å²) in [6.07, 6.45) is -4.50. The summed E-state index contributed by atoms with van der Waals surface area (Å²) in [6, 6.07) is 14.2. The molecule has 0 saturated heterocycles. The molecule has 0 saturated carbocycles. The first-order chi connectivity index (χ1) is 17.1. The third-order valence-corrected chi connectivity index (χ3v) is 7.16. The zero-order valence-corrected chi connectivity index (χ0v) is 19.7. The molecule has 36 heavy (non-hydrogen) atoms. The van der Waals surface area contributed by atoms with Gasteiger partial charge in [0.1, 0.15) is 11.5 Å². The van der Waals surface area contributed by atoms with Crippen molar-refractivity contribution < 1.29 is 32.2 Å². The van der Waals surface area contributed by atoms with Crippen molar-refractivity contribution in [3.63, 3.8) is 0 Å². The smallest absolute Gasteiger partial charge is 0.416 e. The molecule has 1 aliphatic heterocycles. The highest BCUT2D eigenvalue weighted by atomic mass is 19.4. The second kappa shape index (κ2) is 8.29. The Morgan fingerprint density at radius 2 is 1.69 bits per heavy atom. The van der Waals surface area contributed by atoms with Gasteiger partial charge in [-0.15, -0.1) is 0 Å². The molecule has 5 rings (SSSR count). The van der Waals surface area contributed by atoms with Crippen molar-refractivity contribution in [1.29, 1.82) is 0 Å². The van der Waals surface area contributed by atoms with Crippen LogP contribution in [0.2, 0.25) is 0 Å². The van der Waals surface area contributed by atoms with Gasteiger partial charge >= 0.3 is 6.18 Å². The first-order valence-corrected chi connectivity index (χ1v) is 11.3.